The lowest BCUT2D eigenvalue weighted by atomic mass is 10.1. The van der Waals surface area contributed by atoms with Gasteiger partial charge in [-0.25, -0.2) is 4.79 Å². The maximum Gasteiger partial charge on any atom is 0.315 e. The second-order valence-electron chi connectivity index (χ2n) is 4.18. The van der Waals surface area contributed by atoms with Gasteiger partial charge in [0.25, 0.3) is 0 Å². The predicted molar refractivity (Wildman–Crippen MR) is 63.2 cm³/mol. The average Bonchev–Trinajstić information content (AvgIpc) is 2.76. The number of hydrogen-bond donors (Lipinski definition) is 3. The highest BCUT2D eigenvalue weighted by Crippen LogP contribution is 2.27. The molecule has 6 heteroatoms. The predicted octanol–water partition coefficient (Wildman–Crippen LogP) is 0.416. The Morgan fingerprint density at radius 2 is 2.38 bits per heavy atom. The normalized spacial score (nSPS) is 31.8. The van der Waals surface area contributed by atoms with Crippen LogP contribution in [0.15, 0.2) is 0 Å². The monoisotopic (exact) mass is 243 g/mol. The fourth-order valence-electron chi connectivity index (χ4n) is 1.99. The third kappa shape index (κ3) is 2.42. The molecular weight excluding hydrogens is 226 g/mol. The summed E-state index contributed by atoms with van der Waals surface area (Å²) >= 11 is 1.69. The van der Waals surface area contributed by atoms with Crippen molar-refractivity contribution >= 4 is 23.7 Å². The van der Waals surface area contributed by atoms with Crippen LogP contribution >= 0.6 is 11.8 Å². The van der Waals surface area contributed by atoms with Crippen LogP contribution in [0.2, 0.25) is 0 Å². The van der Waals surface area contributed by atoms with Crippen molar-refractivity contribution in [2.75, 3.05) is 5.75 Å². The molecule has 2 saturated heterocycles. The van der Waals surface area contributed by atoms with Crippen LogP contribution in [0.4, 0.5) is 4.79 Å². The molecule has 1 unspecified atom stereocenters. The van der Waals surface area contributed by atoms with Crippen molar-refractivity contribution in [3.63, 3.8) is 0 Å². The second kappa shape index (κ2) is 4.95. The zero-order valence-electron chi connectivity index (χ0n) is 9.29. The Labute approximate surface area is 99.1 Å². The Balaban J connectivity index is 1.82. The van der Waals surface area contributed by atoms with Gasteiger partial charge in [-0.05, 0) is 6.42 Å². The Morgan fingerprint density at radius 3 is 3.12 bits per heavy atom. The molecule has 5 nitrogen and oxygen atoms in total. The van der Waals surface area contributed by atoms with Crippen LogP contribution in [0.3, 0.4) is 0 Å². The van der Waals surface area contributed by atoms with Crippen molar-refractivity contribution in [3.8, 4) is 0 Å². The van der Waals surface area contributed by atoms with Gasteiger partial charge in [0.1, 0.15) is 0 Å². The molecule has 3 amide bonds. The molecule has 2 fully saturated rings. The molecule has 16 heavy (non-hydrogen) atoms. The van der Waals surface area contributed by atoms with E-state index in [1.54, 1.807) is 11.8 Å². The van der Waals surface area contributed by atoms with E-state index < -0.39 is 0 Å². The van der Waals surface area contributed by atoms with Gasteiger partial charge >= 0.3 is 6.03 Å². The van der Waals surface area contributed by atoms with Crippen molar-refractivity contribution in [2.45, 2.75) is 43.6 Å². The number of hydrogen-bond acceptors (Lipinski definition) is 3. The minimum atomic E-state index is -0.122. The Hall–Kier alpha value is -0.910. The zero-order chi connectivity index (χ0) is 11.5. The van der Waals surface area contributed by atoms with Crippen LogP contribution in [0.1, 0.15) is 26.2 Å². The molecule has 0 aromatic rings. The van der Waals surface area contributed by atoms with Gasteiger partial charge in [-0.2, -0.15) is 0 Å². The topological polar surface area (TPSA) is 70.2 Å². The Morgan fingerprint density at radius 1 is 1.56 bits per heavy atom. The molecule has 0 saturated carbocycles. The minimum Gasteiger partial charge on any atom is -0.342 e. The highest BCUT2D eigenvalue weighted by atomic mass is 32.2. The largest absolute Gasteiger partial charge is 0.342 e. The number of thioether (sulfide) groups is 1. The molecule has 0 bridgehead atoms. The number of rotatable bonds is 4. The molecule has 2 aliphatic rings. The van der Waals surface area contributed by atoms with Crippen LogP contribution < -0.4 is 16.0 Å². The maximum absolute atomic E-state index is 11.6. The molecule has 2 heterocycles. The van der Waals surface area contributed by atoms with Gasteiger partial charge in [-0.3, -0.25) is 4.79 Å². The van der Waals surface area contributed by atoms with Gasteiger partial charge in [0, 0.05) is 12.2 Å². The molecule has 2 rings (SSSR count). The van der Waals surface area contributed by atoms with E-state index in [0.717, 1.165) is 18.6 Å². The summed E-state index contributed by atoms with van der Waals surface area (Å²) in [5.41, 5.74) is 0. The van der Waals surface area contributed by atoms with Crippen molar-refractivity contribution in [1.29, 1.82) is 0 Å². The van der Waals surface area contributed by atoms with E-state index >= 15 is 0 Å². The first-order valence-corrected chi connectivity index (χ1v) is 6.73. The molecule has 0 aromatic heterocycles. The van der Waals surface area contributed by atoms with Gasteiger partial charge in [-0.15, -0.1) is 11.8 Å². The molecule has 3 atom stereocenters. The first-order chi connectivity index (χ1) is 7.70. The second-order valence-corrected chi connectivity index (χ2v) is 5.35. The number of carbonyl (C=O) groups is 2. The summed E-state index contributed by atoms with van der Waals surface area (Å²) in [6, 6.07) is 0.0835. The van der Waals surface area contributed by atoms with E-state index in [9.17, 15) is 9.59 Å². The van der Waals surface area contributed by atoms with Crippen LogP contribution in [-0.4, -0.2) is 35.1 Å². The fourth-order valence-corrected chi connectivity index (χ4v) is 3.38. The van der Waals surface area contributed by atoms with Crippen LogP contribution in [0.5, 0.6) is 0 Å². The number of unbranched alkanes of at least 4 members (excludes halogenated alkanes) is 1. The number of fused-ring (bicyclic) bond motifs is 1. The summed E-state index contributed by atoms with van der Waals surface area (Å²) in [4.78, 5) is 22.7. The van der Waals surface area contributed by atoms with E-state index in [1.165, 1.54) is 0 Å². The third-order valence-corrected chi connectivity index (χ3v) is 4.21. The van der Waals surface area contributed by atoms with Crippen molar-refractivity contribution in [1.82, 2.24) is 16.0 Å². The van der Waals surface area contributed by atoms with Gasteiger partial charge in [-0.1, -0.05) is 13.3 Å². The van der Waals surface area contributed by atoms with E-state index in [4.69, 9.17) is 0 Å². The van der Waals surface area contributed by atoms with E-state index in [1.807, 2.05) is 0 Å². The molecule has 90 valence electrons. The third-order valence-electron chi connectivity index (χ3n) is 2.89. The molecular formula is C10H17N3O2S. The summed E-state index contributed by atoms with van der Waals surface area (Å²) in [6.07, 6.45) is 2.52. The van der Waals surface area contributed by atoms with Gasteiger partial charge in [0.15, 0.2) is 0 Å². The van der Waals surface area contributed by atoms with E-state index in [-0.39, 0.29) is 29.4 Å². The minimum absolute atomic E-state index is 0.0216. The van der Waals surface area contributed by atoms with Crippen molar-refractivity contribution in [2.24, 2.45) is 0 Å². The van der Waals surface area contributed by atoms with Crippen molar-refractivity contribution in [3.05, 3.63) is 0 Å². The SMILES string of the molecule is CCCCC(=O)NC1SC[C@@H]2NC(=O)N[C@H]12. The number of urea groups is 1. The molecule has 2 aliphatic heterocycles. The smallest absolute Gasteiger partial charge is 0.315 e. The average molecular weight is 243 g/mol. The zero-order valence-corrected chi connectivity index (χ0v) is 10.1. The van der Waals surface area contributed by atoms with Crippen LogP contribution in [-0.2, 0) is 4.79 Å². The number of amides is 3. The van der Waals surface area contributed by atoms with Crippen molar-refractivity contribution < 1.29 is 9.59 Å². The van der Waals surface area contributed by atoms with Crippen LogP contribution in [0.25, 0.3) is 0 Å². The molecule has 0 aromatic carbocycles. The van der Waals surface area contributed by atoms with Gasteiger partial charge < -0.3 is 16.0 Å². The number of nitrogens with one attached hydrogen (secondary N) is 3. The summed E-state index contributed by atoms with van der Waals surface area (Å²) in [7, 11) is 0. The maximum atomic E-state index is 11.6. The highest BCUT2D eigenvalue weighted by Gasteiger charge is 2.43. The van der Waals surface area contributed by atoms with Gasteiger partial charge in [0.2, 0.25) is 5.91 Å². The lowest BCUT2D eigenvalue weighted by Gasteiger charge is -2.18. The van der Waals surface area contributed by atoms with Crippen LogP contribution in [0, 0.1) is 0 Å². The molecule has 0 aliphatic carbocycles. The fraction of sp³-hybridized carbons (Fsp3) is 0.800. The summed E-state index contributed by atoms with van der Waals surface area (Å²) in [5.74, 6) is 0.948. The molecule has 0 spiro atoms. The summed E-state index contributed by atoms with van der Waals surface area (Å²) in [5, 5.41) is 8.68. The molecule has 3 N–H and O–H groups in total. The quantitative estimate of drug-likeness (QED) is 0.627. The lowest BCUT2D eigenvalue weighted by Crippen LogP contribution is -2.46. The van der Waals surface area contributed by atoms with E-state index in [0.29, 0.717) is 6.42 Å². The number of carbonyl (C=O) groups excluding carboxylic acids is 2. The Kier molecular flexibility index (Phi) is 3.58. The summed E-state index contributed by atoms with van der Waals surface area (Å²) < 4.78 is 0. The first-order valence-electron chi connectivity index (χ1n) is 5.68. The Bertz CT molecular complexity index is 298. The highest BCUT2D eigenvalue weighted by molar-refractivity contribution is 8.00. The first kappa shape index (κ1) is 11.6. The standard InChI is InChI=1S/C10H17N3O2S/c1-2-3-4-7(14)12-9-8-6(5-16-9)11-10(15)13-8/h6,8-9H,2-5H2,1H3,(H,12,14)(H2,11,13,15)/t6-,8-,9?/m0/s1. The van der Waals surface area contributed by atoms with Gasteiger partial charge in [0.05, 0.1) is 17.5 Å². The summed E-state index contributed by atoms with van der Waals surface area (Å²) in [6.45, 7) is 2.06. The van der Waals surface area contributed by atoms with E-state index in [2.05, 4.69) is 22.9 Å². The molecule has 0 radical (unpaired) electrons. The lowest BCUT2D eigenvalue weighted by molar-refractivity contribution is -0.121.